The highest BCUT2D eigenvalue weighted by Gasteiger charge is 2.53. The number of hydrogen-bond donors (Lipinski definition) is 0. The van der Waals surface area contributed by atoms with Gasteiger partial charge in [-0.05, 0) is 102 Å². The van der Waals surface area contributed by atoms with Gasteiger partial charge in [0.2, 0.25) is 0 Å². The van der Waals surface area contributed by atoms with Gasteiger partial charge in [-0.15, -0.1) is 0 Å². The second-order valence-electron chi connectivity index (χ2n) is 23.1. The highest BCUT2D eigenvalue weighted by Crippen LogP contribution is 2.64. The Morgan fingerprint density at radius 2 is 0.838 bits per heavy atom. The van der Waals surface area contributed by atoms with Crippen LogP contribution in [0.4, 0.5) is 0 Å². The summed E-state index contributed by atoms with van der Waals surface area (Å²) in [6.45, 7) is 13.7. The van der Waals surface area contributed by atoms with Crippen LogP contribution in [0, 0.1) is 0 Å². The van der Waals surface area contributed by atoms with Crippen molar-refractivity contribution in [1.29, 1.82) is 0 Å². The molecule has 74 heavy (non-hydrogen) atoms. The van der Waals surface area contributed by atoms with Crippen LogP contribution in [0.1, 0.15) is 74.9 Å². The zero-order valence-electron chi connectivity index (χ0n) is 42.3. The number of fused-ring (bicyclic) bond motifs is 21. The van der Waals surface area contributed by atoms with Gasteiger partial charge in [0.05, 0.1) is 38.9 Å². The van der Waals surface area contributed by atoms with Gasteiger partial charge in [0.1, 0.15) is 23.0 Å². The molecule has 10 aromatic carbocycles. The summed E-state index contributed by atoms with van der Waals surface area (Å²) in [6.07, 6.45) is 0. The Morgan fingerprint density at radius 1 is 0.392 bits per heavy atom. The molecule has 0 bridgehead atoms. The second kappa shape index (κ2) is 14.4. The smallest absolute Gasteiger partial charge is 0.260 e. The lowest BCUT2D eigenvalue weighted by Crippen LogP contribution is -2.57. The highest BCUT2D eigenvalue weighted by atomic mass is 16.5. The van der Waals surface area contributed by atoms with E-state index in [9.17, 15) is 0 Å². The van der Waals surface area contributed by atoms with Crippen LogP contribution in [-0.4, -0.2) is 15.8 Å². The Kier molecular flexibility index (Phi) is 8.15. The van der Waals surface area contributed by atoms with Crippen LogP contribution in [0.3, 0.4) is 0 Å². The molecule has 0 atom stereocenters. The molecule has 4 aliphatic rings. The molecular weight excluding hydrogens is 900 g/mol. The van der Waals surface area contributed by atoms with Crippen molar-refractivity contribution < 1.29 is 9.47 Å². The number of para-hydroxylation sites is 2. The molecule has 0 N–H and O–H groups in total. The van der Waals surface area contributed by atoms with Gasteiger partial charge in [0.25, 0.3) is 6.71 Å². The first-order valence-electron chi connectivity index (χ1n) is 26.2. The van der Waals surface area contributed by atoms with E-state index in [4.69, 9.17) is 9.47 Å². The fourth-order valence-corrected chi connectivity index (χ4v) is 13.9. The van der Waals surface area contributed by atoms with Gasteiger partial charge in [0.15, 0.2) is 0 Å². The van der Waals surface area contributed by atoms with Crippen molar-refractivity contribution in [3.63, 3.8) is 0 Å². The average Bonchev–Trinajstić information content (AvgIpc) is 4.32. The van der Waals surface area contributed by atoms with Crippen molar-refractivity contribution in [2.75, 3.05) is 0 Å². The van der Waals surface area contributed by atoms with E-state index in [-0.39, 0.29) is 17.5 Å². The third kappa shape index (κ3) is 5.33. The van der Waals surface area contributed by atoms with Crippen LogP contribution in [0.5, 0.6) is 23.0 Å². The first kappa shape index (κ1) is 42.0. The third-order valence-corrected chi connectivity index (χ3v) is 17.1. The predicted octanol–water partition coefficient (Wildman–Crippen LogP) is 15.5. The average molecular weight is 951 g/mol. The third-order valence-electron chi connectivity index (χ3n) is 17.1. The number of benzene rings is 10. The van der Waals surface area contributed by atoms with E-state index in [1.807, 2.05) is 0 Å². The number of rotatable bonds is 2. The number of ether oxygens (including phenoxy) is 2. The zero-order chi connectivity index (χ0) is 49.6. The van der Waals surface area contributed by atoms with Gasteiger partial charge in [0, 0.05) is 44.7 Å². The minimum absolute atomic E-state index is 0.0376. The number of nitrogens with zero attached hydrogens (tertiary/aromatic N) is 2. The van der Waals surface area contributed by atoms with Gasteiger partial charge in [-0.2, -0.15) is 0 Å². The van der Waals surface area contributed by atoms with Gasteiger partial charge in [-0.25, -0.2) is 0 Å². The molecule has 12 aromatic rings. The van der Waals surface area contributed by atoms with Crippen LogP contribution < -0.4 is 25.9 Å². The summed E-state index contributed by atoms with van der Waals surface area (Å²) in [5.74, 6) is 3.42. The molecule has 5 heteroatoms. The number of hydrogen-bond acceptors (Lipinski definition) is 2. The summed E-state index contributed by atoms with van der Waals surface area (Å²) in [7, 11) is 0. The maximum atomic E-state index is 7.19. The molecule has 0 saturated heterocycles. The maximum absolute atomic E-state index is 7.19. The van der Waals surface area contributed by atoms with Crippen LogP contribution in [-0.2, 0) is 16.2 Å². The highest BCUT2D eigenvalue weighted by molar-refractivity contribution is 6.98. The van der Waals surface area contributed by atoms with Gasteiger partial charge in [-0.1, -0.05) is 199 Å². The van der Waals surface area contributed by atoms with Gasteiger partial charge in [-0.3, -0.25) is 0 Å². The van der Waals surface area contributed by atoms with Crippen LogP contribution in [0.15, 0.2) is 200 Å². The zero-order valence-corrected chi connectivity index (χ0v) is 42.3. The lowest BCUT2D eigenvalue weighted by molar-refractivity contribution is 0.463. The molecule has 352 valence electrons. The van der Waals surface area contributed by atoms with Gasteiger partial charge < -0.3 is 18.6 Å². The Balaban J connectivity index is 1.01. The summed E-state index contributed by atoms with van der Waals surface area (Å²) < 4.78 is 19.5. The molecule has 4 nitrogen and oxygen atoms in total. The quantitative estimate of drug-likeness (QED) is 0.162. The molecule has 0 unspecified atom stereocenters. The Hall–Kier alpha value is -8.54. The molecule has 2 aliphatic heterocycles. The minimum Gasteiger partial charge on any atom is -0.458 e. The molecule has 2 aliphatic carbocycles. The van der Waals surface area contributed by atoms with E-state index >= 15 is 0 Å². The maximum Gasteiger partial charge on any atom is 0.260 e. The van der Waals surface area contributed by atoms with Crippen LogP contribution in [0.25, 0.3) is 77.2 Å². The van der Waals surface area contributed by atoms with Crippen molar-refractivity contribution in [2.24, 2.45) is 0 Å². The molecule has 2 aromatic heterocycles. The van der Waals surface area contributed by atoms with Crippen LogP contribution in [0.2, 0.25) is 0 Å². The minimum atomic E-state index is -0.547. The molecule has 16 rings (SSSR count). The second-order valence-corrected chi connectivity index (χ2v) is 23.1. The van der Waals surface area contributed by atoms with E-state index in [2.05, 4.69) is 251 Å². The lowest BCUT2D eigenvalue weighted by Gasteiger charge is -2.35. The van der Waals surface area contributed by atoms with Crippen molar-refractivity contribution in [3.8, 4) is 56.6 Å². The SMILES string of the molecule is CC(C)(C)c1ccc2c(c1)B1c3cc(C(C)(C)C)ccc3Oc3cc(-n4c5ccccc5c5ccc6c7ccccc7n(-c7cccc8c7C7(c9ccccc9-c9ccccc97)c7ccccc7-8)c6c54)cc(c31)O2. The fourth-order valence-electron chi connectivity index (χ4n) is 13.9. The van der Waals surface area contributed by atoms with Crippen molar-refractivity contribution in [3.05, 3.63) is 234 Å². The number of aromatic nitrogens is 2. The first-order chi connectivity index (χ1) is 36.0. The van der Waals surface area contributed by atoms with E-state index in [1.165, 1.54) is 99.3 Å². The molecule has 0 radical (unpaired) electrons. The molecular formula is C69H51BN2O2. The van der Waals surface area contributed by atoms with E-state index in [0.29, 0.717) is 0 Å². The molecule has 0 amide bonds. The van der Waals surface area contributed by atoms with Crippen molar-refractivity contribution in [2.45, 2.75) is 57.8 Å². The normalized spacial score (nSPS) is 14.4. The van der Waals surface area contributed by atoms with E-state index < -0.39 is 5.41 Å². The van der Waals surface area contributed by atoms with Crippen LogP contribution >= 0.6 is 0 Å². The topological polar surface area (TPSA) is 28.3 Å². The summed E-state index contributed by atoms with van der Waals surface area (Å²) in [4.78, 5) is 0. The van der Waals surface area contributed by atoms with E-state index in [1.54, 1.807) is 0 Å². The van der Waals surface area contributed by atoms with Crippen molar-refractivity contribution in [1.82, 2.24) is 9.13 Å². The molecule has 0 saturated carbocycles. The first-order valence-corrected chi connectivity index (χ1v) is 26.2. The standard InChI is InChI=1S/C69H51BN2O2/c1-67(2,3)40-30-34-59-54(36-40)70-55-37-41(68(4,5)6)31-35-60(55)74-62-39-42(38-61(73-59)64(62)70)71-56-27-15-10-21-46(56)49-32-33-50-47-22-11-16-28-57(47)72(66(50)65(49)71)58-29-17-23-48-45-20-9-14-26-53(45)69(63(48)58)51-24-12-7-18-43(51)44-19-8-13-25-52(44)69/h7-39H,1-6H3. The fraction of sp³-hybridized carbons (Fsp3) is 0.130. The summed E-state index contributed by atoms with van der Waals surface area (Å²) in [6, 6.07) is 75.2. The Morgan fingerprint density at radius 3 is 1.36 bits per heavy atom. The monoisotopic (exact) mass is 950 g/mol. The largest absolute Gasteiger partial charge is 0.458 e. The summed E-state index contributed by atoms with van der Waals surface area (Å²) >= 11 is 0. The van der Waals surface area contributed by atoms with Crippen molar-refractivity contribution >= 4 is 66.7 Å². The molecule has 4 heterocycles. The summed E-state index contributed by atoms with van der Waals surface area (Å²) in [5, 5.41) is 4.78. The summed E-state index contributed by atoms with van der Waals surface area (Å²) in [5.41, 5.74) is 22.6. The van der Waals surface area contributed by atoms with Gasteiger partial charge >= 0.3 is 0 Å². The Labute approximate surface area is 431 Å². The Bertz CT molecular complexity index is 4330. The molecule has 1 spiro atoms. The van der Waals surface area contributed by atoms with E-state index in [0.717, 1.165) is 50.7 Å². The predicted molar refractivity (Wildman–Crippen MR) is 307 cm³/mol. The molecule has 0 fully saturated rings. The lowest BCUT2D eigenvalue weighted by atomic mass is 9.34.